The third-order valence-corrected chi connectivity index (χ3v) is 4.71. The van der Waals surface area contributed by atoms with Crippen molar-refractivity contribution < 1.29 is 4.74 Å². The van der Waals surface area contributed by atoms with Crippen LogP contribution in [-0.4, -0.2) is 37.3 Å². The summed E-state index contributed by atoms with van der Waals surface area (Å²) in [6.45, 7) is 11.3. The molecule has 0 aliphatic carbocycles. The van der Waals surface area contributed by atoms with Gasteiger partial charge in [0.2, 0.25) is 0 Å². The van der Waals surface area contributed by atoms with Crippen molar-refractivity contribution in [1.29, 1.82) is 0 Å². The van der Waals surface area contributed by atoms with E-state index < -0.39 is 0 Å². The number of nitrogens with zero attached hydrogens (tertiary/aromatic N) is 2. The summed E-state index contributed by atoms with van der Waals surface area (Å²) in [4.78, 5) is 8.71. The Bertz CT molecular complexity index is 408. The molecule has 0 spiro atoms. The molecule has 1 saturated heterocycles. The Morgan fingerprint density at radius 2 is 2.25 bits per heavy atom. The molecule has 2 rings (SSSR count). The highest BCUT2D eigenvalue weighted by atomic mass is 32.1. The molecule has 0 bridgehead atoms. The standard InChI is InChI=1S/C15H27N3OS/c1-4-6-13-14(10-16-7-5-2)20-15(17-13)18-8-9-19-11-12(18)3/h12,16H,4-11H2,1-3H3. The minimum Gasteiger partial charge on any atom is -0.377 e. The van der Waals surface area contributed by atoms with Gasteiger partial charge in [-0.15, -0.1) is 11.3 Å². The van der Waals surface area contributed by atoms with Crippen LogP contribution in [0.1, 0.15) is 44.2 Å². The lowest BCUT2D eigenvalue weighted by Crippen LogP contribution is -2.43. The fourth-order valence-corrected chi connectivity index (χ4v) is 3.66. The third kappa shape index (κ3) is 3.93. The fourth-order valence-electron chi connectivity index (χ4n) is 2.45. The van der Waals surface area contributed by atoms with Crippen LogP contribution in [-0.2, 0) is 17.7 Å². The van der Waals surface area contributed by atoms with E-state index in [1.54, 1.807) is 0 Å². The average Bonchev–Trinajstić information content (AvgIpc) is 2.83. The SMILES string of the molecule is CCCNCc1sc(N2CCOCC2C)nc1CCC. The minimum atomic E-state index is 0.431. The van der Waals surface area contributed by atoms with Crippen LogP contribution in [0, 0.1) is 0 Å². The van der Waals surface area contributed by atoms with Crippen molar-refractivity contribution in [3.05, 3.63) is 10.6 Å². The first kappa shape index (κ1) is 15.7. The highest BCUT2D eigenvalue weighted by Crippen LogP contribution is 2.29. The van der Waals surface area contributed by atoms with Gasteiger partial charge in [0, 0.05) is 18.0 Å². The number of morpholine rings is 1. The molecule has 114 valence electrons. The highest BCUT2D eigenvalue weighted by molar-refractivity contribution is 7.15. The van der Waals surface area contributed by atoms with Gasteiger partial charge in [0.25, 0.3) is 0 Å². The first-order valence-electron chi connectivity index (χ1n) is 7.79. The number of hydrogen-bond acceptors (Lipinski definition) is 5. The van der Waals surface area contributed by atoms with Gasteiger partial charge in [-0.1, -0.05) is 20.3 Å². The number of rotatable bonds is 7. The first-order chi connectivity index (χ1) is 9.76. The summed E-state index contributed by atoms with van der Waals surface area (Å²) in [5, 5.41) is 4.68. The number of anilines is 1. The van der Waals surface area contributed by atoms with Crippen LogP contribution in [0.25, 0.3) is 0 Å². The largest absolute Gasteiger partial charge is 0.377 e. The summed E-state index contributed by atoms with van der Waals surface area (Å²) in [5.74, 6) is 0. The van der Waals surface area contributed by atoms with E-state index in [0.29, 0.717) is 6.04 Å². The van der Waals surface area contributed by atoms with E-state index in [-0.39, 0.29) is 0 Å². The van der Waals surface area contributed by atoms with E-state index in [4.69, 9.17) is 9.72 Å². The molecule has 0 saturated carbocycles. The molecular weight excluding hydrogens is 270 g/mol. The Morgan fingerprint density at radius 3 is 2.95 bits per heavy atom. The summed E-state index contributed by atoms with van der Waals surface area (Å²) in [5.41, 5.74) is 1.29. The van der Waals surface area contributed by atoms with Gasteiger partial charge in [-0.2, -0.15) is 0 Å². The maximum Gasteiger partial charge on any atom is 0.186 e. The van der Waals surface area contributed by atoms with Crippen molar-refractivity contribution in [2.24, 2.45) is 0 Å². The van der Waals surface area contributed by atoms with Crippen molar-refractivity contribution in [2.75, 3.05) is 31.2 Å². The van der Waals surface area contributed by atoms with Crippen molar-refractivity contribution >= 4 is 16.5 Å². The summed E-state index contributed by atoms with van der Waals surface area (Å²) < 4.78 is 5.52. The molecule has 0 amide bonds. The van der Waals surface area contributed by atoms with Gasteiger partial charge in [-0.05, 0) is 26.3 Å². The van der Waals surface area contributed by atoms with Gasteiger partial charge in [0.05, 0.1) is 24.9 Å². The zero-order valence-electron chi connectivity index (χ0n) is 12.9. The highest BCUT2D eigenvalue weighted by Gasteiger charge is 2.23. The molecule has 1 aromatic rings. The number of thiazole rings is 1. The van der Waals surface area contributed by atoms with Crippen molar-refractivity contribution in [3.8, 4) is 0 Å². The quantitative estimate of drug-likeness (QED) is 0.785. The van der Waals surface area contributed by atoms with E-state index >= 15 is 0 Å². The normalized spacial score (nSPS) is 19.6. The number of hydrogen-bond donors (Lipinski definition) is 1. The molecule has 0 aromatic carbocycles. The Kier molecular flexibility index (Phi) is 6.26. The van der Waals surface area contributed by atoms with E-state index in [1.165, 1.54) is 22.1 Å². The summed E-state index contributed by atoms with van der Waals surface area (Å²) in [6.07, 6.45) is 3.41. The van der Waals surface area contributed by atoms with E-state index in [2.05, 4.69) is 31.0 Å². The van der Waals surface area contributed by atoms with Gasteiger partial charge in [0.15, 0.2) is 5.13 Å². The molecule has 1 unspecified atom stereocenters. The molecule has 0 radical (unpaired) electrons. The Morgan fingerprint density at radius 1 is 1.40 bits per heavy atom. The molecule has 1 aromatic heterocycles. The van der Waals surface area contributed by atoms with Gasteiger partial charge in [0.1, 0.15) is 0 Å². The van der Waals surface area contributed by atoms with Crippen LogP contribution < -0.4 is 10.2 Å². The average molecular weight is 297 g/mol. The lowest BCUT2D eigenvalue weighted by atomic mass is 10.2. The zero-order valence-corrected chi connectivity index (χ0v) is 13.8. The molecule has 20 heavy (non-hydrogen) atoms. The second-order valence-electron chi connectivity index (χ2n) is 5.41. The van der Waals surface area contributed by atoms with Gasteiger partial charge >= 0.3 is 0 Å². The number of nitrogens with one attached hydrogen (secondary N) is 1. The maximum atomic E-state index is 5.52. The van der Waals surface area contributed by atoms with Crippen LogP contribution in [0.15, 0.2) is 0 Å². The third-order valence-electron chi connectivity index (χ3n) is 3.58. The van der Waals surface area contributed by atoms with Crippen LogP contribution in [0.2, 0.25) is 0 Å². The predicted octanol–water partition coefficient (Wildman–Crippen LogP) is 2.82. The Balaban J connectivity index is 2.10. The molecule has 1 atom stereocenters. The maximum absolute atomic E-state index is 5.52. The molecule has 2 heterocycles. The lowest BCUT2D eigenvalue weighted by molar-refractivity contribution is 0.0989. The van der Waals surface area contributed by atoms with Crippen molar-refractivity contribution in [1.82, 2.24) is 10.3 Å². The smallest absolute Gasteiger partial charge is 0.186 e. The Labute approximate surface area is 126 Å². The first-order valence-corrected chi connectivity index (χ1v) is 8.61. The summed E-state index contributed by atoms with van der Waals surface area (Å²) in [7, 11) is 0. The molecular formula is C15H27N3OS. The van der Waals surface area contributed by atoms with Crippen molar-refractivity contribution in [2.45, 2.75) is 52.6 Å². The Hall–Kier alpha value is -0.650. The summed E-state index contributed by atoms with van der Waals surface area (Å²) in [6, 6.07) is 0.431. The predicted molar refractivity (Wildman–Crippen MR) is 85.7 cm³/mol. The molecule has 1 fully saturated rings. The van der Waals surface area contributed by atoms with Crippen LogP contribution in [0.4, 0.5) is 5.13 Å². The topological polar surface area (TPSA) is 37.4 Å². The van der Waals surface area contributed by atoms with Crippen LogP contribution in [0.5, 0.6) is 0 Å². The fraction of sp³-hybridized carbons (Fsp3) is 0.800. The lowest BCUT2D eigenvalue weighted by Gasteiger charge is -2.32. The number of ether oxygens (including phenoxy) is 1. The van der Waals surface area contributed by atoms with Gasteiger partial charge < -0.3 is 15.0 Å². The van der Waals surface area contributed by atoms with Crippen LogP contribution in [0.3, 0.4) is 0 Å². The second-order valence-corrected chi connectivity index (χ2v) is 6.47. The van der Waals surface area contributed by atoms with Gasteiger partial charge in [-0.25, -0.2) is 4.98 Å². The van der Waals surface area contributed by atoms with E-state index in [9.17, 15) is 0 Å². The molecule has 1 N–H and O–H groups in total. The van der Waals surface area contributed by atoms with Crippen molar-refractivity contribution in [3.63, 3.8) is 0 Å². The second kappa shape index (κ2) is 7.96. The minimum absolute atomic E-state index is 0.431. The molecule has 1 aliphatic rings. The monoisotopic (exact) mass is 297 g/mol. The summed E-state index contributed by atoms with van der Waals surface area (Å²) >= 11 is 1.86. The molecule has 1 aliphatic heterocycles. The zero-order chi connectivity index (χ0) is 14.4. The molecule has 5 heteroatoms. The number of aryl methyl sites for hydroxylation is 1. The van der Waals surface area contributed by atoms with Crippen LogP contribution >= 0.6 is 11.3 Å². The van der Waals surface area contributed by atoms with E-state index in [0.717, 1.165) is 45.7 Å². The number of aromatic nitrogens is 1. The van der Waals surface area contributed by atoms with Gasteiger partial charge in [-0.3, -0.25) is 0 Å². The molecule has 4 nitrogen and oxygen atoms in total. The van der Waals surface area contributed by atoms with E-state index in [1.807, 2.05) is 11.3 Å².